The maximum absolute atomic E-state index is 12.0. The summed E-state index contributed by atoms with van der Waals surface area (Å²) in [6.45, 7) is -0.413. The van der Waals surface area contributed by atoms with Crippen molar-refractivity contribution in [1.29, 1.82) is 0 Å². The quantitative estimate of drug-likeness (QED) is 0.715. The monoisotopic (exact) mass is 195 g/mol. The molecule has 1 atom stereocenters. The van der Waals surface area contributed by atoms with E-state index in [4.69, 9.17) is 10.8 Å². The molecule has 0 radical (unpaired) electrons. The van der Waals surface area contributed by atoms with E-state index < -0.39 is 18.9 Å². The Labute approximate surface area is 71.8 Å². The second-order valence-electron chi connectivity index (χ2n) is 2.48. The van der Waals surface area contributed by atoms with Crippen molar-refractivity contribution in [2.45, 2.75) is 12.3 Å². The zero-order valence-electron chi connectivity index (χ0n) is 6.49. The lowest BCUT2D eigenvalue weighted by molar-refractivity contribution is -0.212. The average Bonchev–Trinajstić information content (AvgIpc) is 2.50. The Hall–Kier alpha value is -1.08. The van der Waals surface area contributed by atoms with Crippen LogP contribution in [-0.2, 0) is 6.30 Å². The number of nitrogens with zero attached hydrogens (tertiary/aromatic N) is 2. The Morgan fingerprint density at radius 3 is 2.62 bits per heavy atom. The van der Waals surface area contributed by atoms with Gasteiger partial charge < -0.3 is 10.8 Å². The first kappa shape index (κ1) is 10.0. The first-order valence-electron chi connectivity index (χ1n) is 3.43. The van der Waals surface area contributed by atoms with E-state index in [2.05, 4.69) is 5.10 Å². The van der Waals surface area contributed by atoms with Gasteiger partial charge in [-0.2, -0.15) is 9.78 Å². The SMILES string of the molecule is NC(CO)c1cnn(C(F)(F)F)c1. The van der Waals surface area contributed by atoms with Gasteiger partial charge in [-0.25, -0.2) is 0 Å². The molecule has 0 fully saturated rings. The van der Waals surface area contributed by atoms with Crippen molar-refractivity contribution in [3.63, 3.8) is 0 Å². The van der Waals surface area contributed by atoms with Crippen molar-refractivity contribution < 1.29 is 18.3 Å². The van der Waals surface area contributed by atoms with E-state index in [0.29, 0.717) is 0 Å². The van der Waals surface area contributed by atoms with Crippen LogP contribution in [0.1, 0.15) is 11.6 Å². The van der Waals surface area contributed by atoms with Gasteiger partial charge >= 0.3 is 6.30 Å². The van der Waals surface area contributed by atoms with Crippen LogP contribution in [0, 0.1) is 0 Å². The van der Waals surface area contributed by atoms with Gasteiger partial charge in [0.15, 0.2) is 0 Å². The minimum atomic E-state index is -4.53. The number of aromatic nitrogens is 2. The van der Waals surface area contributed by atoms with Gasteiger partial charge in [0.2, 0.25) is 0 Å². The molecule has 0 saturated carbocycles. The Bertz CT molecular complexity index is 283. The number of hydrogen-bond donors (Lipinski definition) is 2. The molecule has 0 aliphatic carbocycles. The van der Waals surface area contributed by atoms with Gasteiger partial charge in [-0.3, -0.25) is 0 Å². The summed E-state index contributed by atoms with van der Waals surface area (Å²) in [5.74, 6) is 0. The van der Waals surface area contributed by atoms with Gasteiger partial charge in [0.1, 0.15) is 0 Å². The predicted octanol–water partition coefficient (Wildman–Crippen LogP) is 0.351. The molecular formula is C6H8F3N3O. The summed E-state index contributed by atoms with van der Waals surface area (Å²) in [6, 6.07) is -0.823. The lowest BCUT2D eigenvalue weighted by Crippen LogP contribution is -2.17. The van der Waals surface area contributed by atoms with Crippen LogP contribution < -0.4 is 5.73 Å². The topological polar surface area (TPSA) is 64.1 Å². The molecule has 0 aromatic carbocycles. The van der Waals surface area contributed by atoms with E-state index in [1.54, 1.807) is 0 Å². The molecule has 74 valence electrons. The number of alkyl halides is 3. The highest BCUT2D eigenvalue weighted by Gasteiger charge is 2.31. The van der Waals surface area contributed by atoms with Crippen LogP contribution >= 0.6 is 0 Å². The van der Waals surface area contributed by atoms with Crippen molar-refractivity contribution in [2.75, 3.05) is 6.61 Å². The van der Waals surface area contributed by atoms with Crippen LogP contribution in [0.4, 0.5) is 13.2 Å². The van der Waals surface area contributed by atoms with Crippen molar-refractivity contribution >= 4 is 0 Å². The number of hydrogen-bond acceptors (Lipinski definition) is 3. The fourth-order valence-corrected chi connectivity index (χ4v) is 0.772. The second kappa shape index (κ2) is 3.35. The summed E-state index contributed by atoms with van der Waals surface area (Å²) in [5.41, 5.74) is 5.43. The molecule has 1 heterocycles. The van der Waals surface area contributed by atoms with Crippen molar-refractivity contribution in [3.05, 3.63) is 18.0 Å². The summed E-state index contributed by atoms with van der Waals surface area (Å²) in [6.07, 6.45) is -2.80. The highest BCUT2D eigenvalue weighted by molar-refractivity contribution is 5.09. The van der Waals surface area contributed by atoms with Gasteiger partial charge in [0, 0.05) is 11.8 Å². The molecule has 3 N–H and O–H groups in total. The number of rotatable bonds is 2. The molecular weight excluding hydrogens is 187 g/mol. The van der Waals surface area contributed by atoms with Gasteiger partial charge in [-0.05, 0) is 0 Å². The van der Waals surface area contributed by atoms with Gasteiger partial charge in [-0.1, -0.05) is 0 Å². The number of nitrogens with two attached hydrogens (primary N) is 1. The fraction of sp³-hybridized carbons (Fsp3) is 0.500. The van der Waals surface area contributed by atoms with Crippen molar-refractivity contribution in [2.24, 2.45) is 5.73 Å². The highest BCUT2D eigenvalue weighted by atomic mass is 19.4. The van der Waals surface area contributed by atoms with E-state index in [-0.39, 0.29) is 10.2 Å². The summed E-state index contributed by atoms with van der Waals surface area (Å²) in [5, 5.41) is 11.6. The molecule has 0 amide bonds. The molecule has 4 nitrogen and oxygen atoms in total. The number of halogens is 3. The van der Waals surface area contributed by atoms with E-state index in [9.17, 15) is 13.2 Å². The molecule has 0 aliphatic rings. The first-order chi connectivity index (χ1) is 5.95. The molecule has 1 unspecified atom stereocenters. The molecule has 0 aliphatic heterocycles. The molecule has 1 aromatic heterocycles. The molecule has 1 rings (SSSR count). The summed E-state index contributed by atoms with van der Waals surface area (Å²) in [4.78, 5) is 0. The fourth-order valence-electron chi connectivity index (χ4n) is 0.772. The van der Waals surface area contributed by atoms with Crippen molar-refractivity contribution in [1.82, 2.24) is 9.78 Å². The third-order valence-electron chi connectivity index (χ3n) is 1.49. The maximum Gasteiger partial charge on any atom is 0.504 e. The first-order valence-corrected chi connectivity index (χ1v) is 3.43. The minimum absolute atomic E-state index is 0.153. The van der Waals surface area contributed by atoms with Crippen molar-refractivity contribution in [3.8, 4) is 0 Å². The Kier molecular flexibility index (Phi) is 2.58. The van der Waals surface area contributed by atoms with Crippen LogP contribution in [0.25, 0.3) is 0 Å². The predicted molar refractivity (Wildman–Crippen MR) is 37.5 cm³/mol. The van der Waals surface area contributed by atoms with Crippen LogP contribution in [0.5, 0.6) is 0 Å². The zero-order valence-corrected chi connectivity index (χ0v) is 6.49. The Balaban J connectivity index is 2.87. The normalized spacial score (nSPS) is 14.5. The standard InChI is InChI=1S/C6H8F3N3O/c7-6(8,9)12-2-4(1-11-12)5(10)3-13/h1-2,5,13H,3,10H2. The van der Waals surface area contributed by atoms with Crippen LogP contribution in [0.3, 0.4) is 0 Å². The summed E-state index contributed by atoms with van der Waals surface area (Å²) < 4.78 is 35.7. The minimum Gasteiger partial charge on any atom is -0.394 e. The third-order valence-corrected chi connectivity index (χ3v) is 1.49. The smallest absolute Gasteiger partial charge is 0.394 e. The van der Waals surface area contributed by atoms with E-state index in [0.717, 1.165) is 12.4 Å². The van der Waals surface area contributed by atoms with Crippen LogP contribution in [-0.4, -0.2) is 21.5 Å². The molecule has 0 bridgehead atoms. The van der Waals surface area contributed by atoms with E-state index in [1.165, 1.54) is 0 Å². The highest BCUT2D eigenvalue weighted by Crippen LogP contribution is 2.22. The number of aliphatic hydroxyl groups excluding tert-OH is 1. The lowest BCUT2D eigenvalue weighted by atomic mass is 10.2. The molecule has 0 spiro atoms. The van der Waals surface area contributed by atoms with Crippen LogP contribution in [0.2, 0.25) is 0 Å². The largest absolute Gasteiger partial charge is 0.504 e. The van der Waals surface area contributed by atoms with Gasteiger partial charge in [0.05, 0.1) is 18.8 Å². The second-order valence-corrected chi connectivity index (χ2v) is 2.48. The summed E-state index contributed by atoms with van der Waals surface area (Å²) in [7, 11) is 0. The van der Waals surface area contributed by atoms with E-state index >= 15 is 0 Å². The summed E-state index contributed by atoms with van der Waals surface area (Å²) >= 11 is 0. The van der Waals surface area contributed by atoms with Crippen LogP contribution in [0.15, 0.2) is 12.4 Å². The van der Waals surface area contributed by atoms with Gasteiger partial charge in [0.25, 0.3) is 0 Å². The molecule has 1 aromatic rings. The zero-order chi connectivity index (χ0) is 10.1. The maximum atomic E-state index is 12.0. The average molecular weight is 195 g/mol. The molecule has 7 heteroatoms. The van der Waals surface area contributed by atoms with E-state index in [1.807, 2.05) is 0 Å². The number of aliphatic hydroxyl groups is 1. The Morgan fingerprint density at radius 1 is 1.62 bits per heavy atom. The lowest BCUT2D eigenvalue weighted by Gasteiger charge is -2.05. The molecule has 13 heavy (non-hydrogen) atoms. The molecule has 0 saturated heterocycles. The third kappa shape index (κ3) is 2.19. The Morgan fingerprint density at radius 2 is 2.23 bits per heavy atom. The van der Waals surface area contributed by atoms with Gasteiger partial charge in [-0.15, -0.1) is 13.2 Å².